The topological polar surface area (TPSA) is 249 Å². The zero-order valence-corrected chi connectivity index (χ0v) is 34.5. The van der Waals surface area contributed by atoms with Crippen molar-refractivity contribution in [1.82, 2.24) is 10.2 Å². The van der Waals surface area contributed by atoms with Gasteiger partial charge in [0.1, 0.15) is 6.61 Å². The van der Waals surface area contributed by atoms with Crippen molar-refractivity contribution in [2.45, 2.75) is 103 Å². The number of benzene rings is 4. The van der Waals surface area contributed by atoms with E-state index in [1.54, 1.807) is 26.8 Å². The van der Waals surface area contributed by atoms with Crippen LogP contribution in [0.1, 0.15) is 121 Å². The van der Waals surface area contributed by atoms with Crippen LogP contribution in [0.15, 0.2) is 72.8 Å². The number of aryl methyl sites for hydroxylation is 2. The number of ketones is 2. The predicted octanol–water partition coefficient (Wildman–Crippen LogP) is 8.30. The summed E-state index contributed by atoms with van der Waals surface area (Å²) in [5.41, 5.74) is -1.69. The van der Waals surface area contributed by atoms with Crippen LogP contribution >= 0.6 is 0 Å². The highest BCUT2D eigenvalue weighted by Gasteiger charge is 2.43. The first-order valence-corrected chi connectivity index (χ1v) is 20.2. The Morgan fingerprint density at radius 1 is 0.607 bits per heavy atom. The Bertz CT molecular complexity index is 2340. The number of H-pyrrole nitrogens is 1. The molecular formula is C46H52N2O13. The lowest BCUT2D eigenvalue weighted by atomic mass is 9.84. The second-order valence-corrected chi connectivity index (χ2v) is 14.9. The Kier molecular flexibility index (Phi) is 14.4. The molecule has 4 aromatic carbocycles. The Morgan fingerprint density at radius 2 is 1.11 bits per heavy atom. The molecule has 0 aliphatic rings. The summed E-state index contributed by atoms with van der Waals surface area (Å²) in [5, 5.41) is 81.0. The zero-order chi connectivity index (χ0) is 44.5. The van der Waals surface area contributed by atoms with Crippen LogP contribution in [0.5, 0.6) is 51.7 Å². The highest BCUT2D eigenvalue weighted by molar-refractivity contribution is 6.05. The minimum Gasteiger partial charge on any atom is -0.504 e. The van der Waals surface area contributed by atoms with E-state index in [0.29, 0.717) is 31.4 Å². The lowest BCUT2D eigenvalue weighted by Crippen LogP contribution is -2.45. The summed E-state index contributed by atoms with van der Waals surface area (Å²) in [4.78, 5) is 42.0. The molecule has 0 saturated carbocycles. The number of aromatic amines is 1. The number of unbranched alkanes of at least 4 members (excludes halogenated alkanes) is 1. The van der Waals surface area contributed by atoms with E-state index in [4.69, 9.17) is 14.2 Å². The molecule has 0 spiro atoms. The summed E-state index contributed by atoms with van der Waals surface area (Å²) < 4.78 is 18.0. The molecule has 5 rings (SSSR count). The van der Waals surface area contributed by atoms with Crippen LogP contribution in [0.4, 0.5) is 0 Å². The number of carbonyl (C=O) groups excluding carboxylic acids is 3. The number of hydrogen-bond acceptors (Lipinski definition) is 14. The van der Waals surface area contributed by atoms with Gasteiger partial charge in [-0.15, -0.1) is 0 Å². The van der Waals surface area contributed by atoms with Crippen molar-refractivity contribution in [3.05, 3.63) is 106 Å². The molecule has 15 heteroatoms. The van der Waals surface area contributed by atoms with Gasteiger partial charge in [-0.2, -0.15) is 5.10 Å². The Labute approximate surface area is 352 Å². The van der Waals surface area contributed by atoms with Crippen molar-refractivity contribution < 1.29 is 64.3 Å². The number of phenolic OH excluding ortho intramolecular Hbond substituents is 7. The van der Waals surface area contributed by atoms with Gasteiger partial charge in [-0.05, 0) is 93.0 Å². The maximum Gasteiger partial charge on any atom is 0.338 e. The third kappa shape index (κ3) is 10.1. The molecule has 0 fully saturated rings. The van der Waals surface area contributed by atoms with Gasteiger partial charge in [0, 0.05) is 11.1 Å². The van der Waals surface area contributed by atoms with Gasteiger partial charge in [0.05, 0.1) is 17.0 Å². The molecule has 0 aliphatic heterocycles. The molecule has 2 atom stereocenters. The van der Waals surface area contributed by atoms with Crippen LogP contribution in [0.2, 0.25) is 0 Å². The number of Topliss-reactive ketones (excluding diaryl/α,β-unsaturated/α-hetero) is 2. The van der Waals surface area contributed by atoms with Crippen molar-refractivity contribution in [3.8, 4) is 51.7 Å². The molecule has 0 aliphatic carbocycles. The number of aromatic nitrogens is 2. The Morgan fingerprint density at radius 3 is 1.66 bits per heavy atom. The minimum absolute atomic E-state index is 0.00365. The third-order valence-corrected chi connectivity index (χ3v) is 10.7. The van der Waals surface area contributed by atoms with Crippen molar-refractivity contribution in [2.24, 2.45) is 0 Å². The van der Waals surface area contributed by atoms with E-state index >= 15 is 0 Å². The smallest absolute Gasteiger partial charge is 0.338 e. The first kappa shape index (κ1) is 45.2. The lowest BCUT2D eigenvalue weighted by Gasteiger charge is -2.34. The normalized spacial score (nSPS) is 13.2. The molecular weight excluding hydrogens is 789 g/mol. The molecule has 61 heavy (non-hydrogen) atoms. The van der Waals surface area contributed by atoms with Gasteiger partial charge in [0.25, 0.3) is 0 Å². The van der Waals surface area contributed by atoms with E-state index in [2.05, 4.69) is 10.2 Å². The van der Waals surface area contributed by atoms with Gasteiger partial charge < -0.3 is 50.0 Å². The molecule has 2 unspecified atom stereocenters. The summed E-state index contributed by atoms with van der Waals surface area (Å²) in [6, 6.07) is 17.9. The summed E-state index contributed by atoms with van der Waals surface area (Å²) in [6.45, 7) is 6.77. The first-order chi connectivity index (χ1) is 29.1. The fourth-order valence-electron chi connectivity index (χ4n) is 7.14. The van der Waals surface area contributed by atoms with Gasteiger partial charge in [-0.1, -0.05) is 70.9 Å². The predicted molar refractivity (Wildman–Crippen MR) is 223 cm³/mol. The van der Waals surface area contributed by atoms with E-state index in [1.807, 2.05) is 37.3 Å². The number of hydrogen-bond donors (Lipinski definition) is 8. The highest BCUT2D eigenvalue weighted by Crippen LogP contribution is 2.45. The van der Waals surface area contributed by atoms with E-state index in [9.17, 15) is 50.1 Å². The minimum atomic E-state index is -1.78. The monoisotopic (exact) mass is 840 g/mol. The molecule has 5 aromatic rings. The van der Waals surface area contributed by atoms with Crippen LogP contribution in [-0.2, 0) is 24.2 Å². The summed E-state index contributed by atoms with van der Waals surface area (Å²) in [5.74, 6) is -8.49. The van der Waals surface area contributed by atoms with Crippen LogP contribution in [0.25, 0.3) is 0 Å². The van der Waals surface area contributed by atoms with E-state index < -0.39 is 80.5 Å². The van der Waals surface area contributed by atoms with Gasteiger partial charge in [-0.25, -0.2) is 4.79 Å². The van der Waals surface area contributed by atoms with Gasteiger partial charge in [0.2, 0.25) is 23.1 Å². The average molecular weight is 841 g/mol. The van der Waals surface area contributed by atoms with Gasteiger partial charge in [0.15, 0.2) is 51.4 Å². The molecule has 0 saturated heterocycles. The van der Waals surface area contributed by atoms with Crippen molar-refractivity contribution in [1.29, 1.82) is 0 Å². The highest BCUT2D eigenvalue weighted by atomic mass is 16.5. The fourth-order valence-corrected chi connectivity index (χ4v) is 7.14. The largest absolute Gasteiger partial charge is 0.504 e. The lowest BCUT2D eigenvalue weighted by molar-refractivity contribution is 0.0350. The van der Waals surface area contributed by atoms with Gasteiger partial charge in [-0.3, -0.25) is 14.7 Å². The maximum absolute atomic E-state index is 14.6. The van der Waals surface area contributed by atoms with Crippen molar-refractivity contribution >= 4 is 17.5 Å². The standard InChI is InChI=1S/C46H52N2O13/c1-5-9-18-46(8-4,42(56)28-19-33(49)39(53)34(50)20-28)61-37-23-29(21-35(51)40(37)54)43(57)45(7-3,17-6-2)60-38-24-30(22-36(52)41(38)55)44(58)59-26-32-25-31(47-48-32)16-15-27-13-11-10-12-14-27/h10-14,19-25,49-55H,5-9,15-18,26H2,1-4H3,(H,47,48). The van der Waals surface area contributed by atoms with Crippen LogP contribution in [0, 0.1) is 0 Å². The Hall–Kier alpha value is -6.90. The molecule has 15 nitrogen and oxygen atoms in total. The quantitative estimate of drug-likeness (QED) is 0.0197. The average Bonchev–Trinajstić information content (AvgIpc) is 3.72. The molecule has 8 N–H and O–H groups in total. The second-order valence-electron chi connectivity index (χ2n) is 14.9. The molecule has 0 amide bonds. The number of esters is 1. The van der Waals surface area contributed by atoms with E-state index in [1.165, 1.54) is 0 Å². The summed E-state index contributed by atoms with van der Waals surface area (Å²) in [6.07, 6.45) is 2.98. The number of nitrogens with zero attached hydrogens (tertiary/aromatic N) is 1. The molecule has 1 heterocycles. The van der Waals surface area contributed by atoms with E-state index in [0.717, 1.165) is 54.1 Å². The number of rotatable bonds is 21. The van der Waals surface area contributed by atoms with Crippen LogP contribution in [-0.4, -0.2) is 74.7 Å². The second kappa shape index (κ2) is 19.4. The number of phenols is 7. The van der Waals surface area contributed by atoms with Crippen molar-refractivity contribution in [2.75, 3.05) is 0 Å². The Balaban J connectivity index is 1.42. The molecule has 324 valence electrons. The molecule has 0 radical (unpaired) electrons. The first-order valence-electron chi connectivity index (χ1n) is 20.2. The summed E-state index contributed by atoms with van der Waals surface area (Å²) >= 11 is 0. The fraction of sp³-hybridized carbons (Fsp3) is 0.348. The maximum atomic E-state index is 14.6. The SMILES string of the molecule is CCCCC(CC)(Oc1cc(C(=O)C(CC)(CCC)Oc2cc(C(=O)OCc3cc(CCc4ccccc4)n[nH]3)cc(O)c2O)cc(O)c1O)C(=O)c1cc(O)c(O)c(O)c1. The number of ether oxygens (including phenoxy) is 3. The zero-order valence-electron chi connectivity index (χ0n) is 34.5. The van der Waals surface area contributed by atoms with E-state index in [-0.39, 0.29) is 49.0 Å². The van der Waals surface area contributed by atoms with Crippen LogP contribution < -0.4 is 9.47 Å². The summed E-state index contributed by atoms with van der Waals surface area (Å²) in [7, 11) is 0. The van der Waals surface area contributed by atoms with Crippen LogP contribution in [0.3, 0.4) is 0 Å². The molecule has 1 aromatic heterocycles. The number of carbonyl (C=O) groups is 3. The number of nitrogens with one attached hydrogen (secondary N) is 1. The number of aromatic hydroxyl groups is 7. The third-order valence-electron chi connectivity index (χ3n) is 10.7. The molecule has 0 bridgehead atoms. The van der Waals surface area contributed by atoms with Crippen molar-refractivity contribution in [3.63, 3.8) is 0 Å². The van der Waals surface area contributed by atoms with Gasteiger partial charge >= 0.3 is 5.97 Å².